The molecule has 4 nitrogen and oxygen atoms in total. The highest BCUT2D eigenvalue weighted by molar-refractivity contribution is 5.73. The second-order valence-electron chi connectivity index (χ2n) is 4.95. The summed E-state index contributed by atoms with van der Waals surface area (Å²) in [6.45, 7) is 6.34. The maximum Gasteiger partial charge on any atom is 0.319 e. The molecule has 2 aromatic heterocycles. The molecule has 2 heterocycles. The molecular formula is C15H22N2O2. The predicted molar refractivity (Wildman–Crippen MR) is 75.4 cm³/mol. The fourth-order valence-corrected chi connectivity index (χ4v) is 2.04. The number of unbranched alkanes of at least 4 members (excludes halogenated alkanes) is 1. The van der Waals surface area contributed by atoms with Crippen LogP contribution in [0, 0.1) is 0 Å². The Morgan fingerprint density at radius 3 is 2.89 bits per heavy atom. The van der Waals surface area contributed by atoms with E-state index in [1.807, 2.05) is 13.0 Å². The van der Waals surface area contributed by atoms with Crippen molar-refractivity contribution in [1.82, 2.24) is 9.97 Å². The Hall–Kier alpha value is -1.58. The van der Waals surface area contributed by atoms with Gasteiger partial charge >= 0.3 is 6.01 Å². The quantitative estimate of drug-likeness (QED) is 0.752. The number of aromatic nitrogens is 2. The van der Waals surface area contributed by atoms with Gasteiger partial charge in [-0.2, -0.15) is 4.98 Å². The SMILES string of the molecule is CCCCc1cc2cnc(OC(C)CCC)nc2o1. The first-order valence-electron chi connectivity index (χ1n) is 7.15. The molecule has 0 bridgehead atoms. The monoisotopic (exact) mass is 262 g/mol. The van der Waals surface area contributed by atoms with Crippen molar-refractivity contribution in [2.24, 2.45) is 0 Å². The molecule has 1 unspecified atom stereocenters. The van der Waals surface area contributed by atoms with Gasteiger partial charge in [0.1, 0.15) is 5.76 Å². The maximum absolute atomic E-state index is 5.72. The van der Waals surface area contributed by atoms with Gasteiger partial charge in [-0.25, -0.2) is 4.98 Å². The van der Waals surface area contributed by atoms with Crippen LogP contribution in [0.5, 0.6) is 6.01 Å². The minimum atomic E-state index is 0.136. The van der Waals surface area contributed by atoms with Gasteiger partial charge in [0.2, 0.25) is 5.71 Å². The Morgan fingerprint density at radius 1 is 1.32 bits per heavy atom. The van der Waals surface area contributed by atoms with Gasteiger partial charge in [0.05, 0.1) is 11.5 Å². The summed E-state index contributed by atoms with van der Waals surface area (Å²) in [7, 11) is 0. The topological polar surface area (TPSA) is 48.2 Å². The molecule has 0 amide bonds. The standard InChI is InChI=1S/C15H22N2O2/c1-4-6-8-13-9-12-10-16-15(17-14(12)19-13)18-11(3)7-5-2/h9-11H,4-8H2,1-3H3. The number of fused-ring (bicyclic) bond motifs is 1. The van der Waals surface area contributed by atoms with Crippen molar-refractivity contribution in [1.29, 1.82) is 0 Å². The largest absolute Gasteiger partial charge is 0.460 e. The lowest BCUT2D eigenvalue weighted by Crippen LogP contribution is -2.12. The third-order valence-electron chi connectivity index (χ3n) is 3.08. The van der Waals surface area contributed by atoms with Crippen molar-refractivity contribution in [2.75, 3.05) is 0 Å². The second kappa shape index (κ2) is 6.55. The number of furan rings is 1. The van der Waals surface area contributed by atoms with E-state index in [1.54, 1.807) is 6.20 Å². The molecule has 4 heteroatoms. The van der Waals surface area contributed by atoms with E-state index in [1.165, 1.54) is 0 Å². The lowest BCUT2D eigenvalue weighted by atomic mass is 10.2. The Labute approximate surface area is 114 Å². The molecule has 104 valence electrons. The molecule has 0 aliphatic rings. The van der Waals surface area contributed by atoms with E-state index in [0.29, 0.717) is 11.7 Å². The summed E-state index contributed by atoms with van der Waals surface area (Å²) in [5.74, 6) is 0.977. The molecule has 0 saturated heterocycles. The number of rotatable bonds is 7. The highest BCUT2D eigenvalue weighted by atomic mass is 16.5. The first-order chi connectivity index (χ1) is 9.22. The molecule has 1 atom stereocenters. The molecule has 19 heavy (non-hydrogen) atoms. The van der Waals surface area contributed by atoms with Gasteiger partial charge < -0.3 is 9.15 Å². The summed E-state index contributed by atoms with van der Waals surface area (Å²) in [5, 5.41) is 0.946. The number of aryl methyl sites for hydroxylation is 1. The first-order valence-corrected chi connectivity index (χ1v) is 7.15. The van der Waals surface area contributed by atoms with Crippen LogP contribution >= 0.6 is 0 Å². The number of hydrogen-bond donors (Lipinski definition) is 0. The summed E-state index contributed by atoms with van der Waals surface area (Å²) in [6, 6.07) is 2.43. The van der Waals surface area contributed by atoms with E-state index in [4.69, 9.17) is 9.15 Å². The van der Waals surface area contributed by atoms with Crippen LogP contribution in [-0.4, -0.2) is 16.1 Å². The fourth-order valence-electron chi connectivity index (χ4n) is 2.04. The average Bonchev–Trinajstić information content (AvgIpc) is 2.78. The van der Waals surface area contributed by atoms with E-state index in [0.717, 1.165) is 43.3 Å². The Morgan fingerprint density at radius 2 is 2.16 bits per heavy atom. The van der Waals surface area contributed by atoms with Gasteiger partial charge in [-0.05, 0) is 25.8 Å². The predicted octanol–water partition coefficient (Wildman–Crippen LogP) is 4.13. The molecule has 0 saturated carbocycles. The highest BCUT2D eigenvalue weighted by Gasteiger charge is 2.10. The van der Waals surface area contributed by atoms with Gasteiger partial charge in [-0.1, -0.05) is 26.7 Å². The van der Waals surface area contributed by atoms with Crippen molar-refractivity contribution in [3.63, 3.8) is 0 Å². The van der Waals surface area contributed by atoms with Crippen LogP contribution < -0.4 is 4.74 Å². The van der Waals surface area contributed by atoms with E-state index >= 15 is 0 Å². The lowest BCUT2D eigenvalue weighted by Gasteiger charge is -2.10. The Balaban J connectivity index is 2.11. The fraction of sp³-hybridized carbons (Fsp3) is 0.600. The second-order valence-corrected chi connectivity index (χ2v) is 4.95. The van der Waals surface area contributed by atoms with Crippen LogP contribution in [0.15, 0.2) is 16.7 Å². The molecular weight excluding hydrogens is 240 g/mol. The van der Waals surface area contributed by atoms with Crippen LogP contribution in [0.25, 0.3) is 11.1 Å². The molecule has 0 aliphatic carbocycles. The van der Waals surface area contributed by atoms with Crippen molar-refractivity contribution >= 4 is 11.1 Å². The van der Waals surface area contributed by atoms with Crippen molar-refractivity contribution in [3.8, 4) is 6.01 Å². The molecule has 2 rings (SSSR count). The van der Waals surface area contributed by atoms with Gasteiger partial charge in [0.15, 0.2) is 0 Å². The third kappa shape index (κ3) is 3.69. The van der Waals surface area contributed by atoms with Gasteiger partial charge in [-0.3, -0.25) is 0 Å². The smallest absolute Gasteiger partial charge is 0.319 e. The zero-order valence-electron chi connectivity index (χ0n) is 12.0. The van der Waals surface area contributed by atoms with Crippen molar-refractivity contribution in [3.05, 3.63) is 18.0 Å². The summed E-state index contributed by atoms with van der Waals surface area (Å²) in [6.07, 6.45) is 7.24. The van der Waals surface area contributed by atoms with E-state index < -0.39 is 0 Å². The molecule has 0 aliphatic heterocycles. The number of nitrogens with zero attached hydrogens (tertiary/aromatic N) is 2. The molecule has 0 radical (unpaired) electrons. The van der Waals surface area contributed by atoms with E-state index in [-0.39, 0.29) is 6.10 Å². The summed E-state index contributed by atoms with van der Waals surface area (Å²) in [5.41, 5.74) is 0.625. The average molecular weight is 262 g/mol. The molecule has 0 spiro atoms. The highest BCUT2D eigenvalue weighted by Crippen LogP contribution is 2.20. The lowest BCUT2D eigenvalue weighted by molar-refractivity contribution is 0.192. The van der Waals surface area contributed by atoms with Crippen LogP contribution in [-0.2, 0) is 6.42 Å². The summed E-state index contributed by atoms with van der Waals surface area (Å²) < 4.78 is 11.4. The van der Waals surface area contributed by atoms with E-state index in [2.05, 4.69) is 23.8 Å². The van der Waals surface area contributed by atoms with Crippen LogP contribution in [0.3, 0.4) is 0 Å². The van der Waals surface area contributed by atoms with E-state index in [9.17, 15) is 0 Å². The van der Waals surface area contributed by atoms with Crippen LogP contribution in [0.2, 0.25) is 0 Å². The van der Waals surface area contributed by atoms with Crippen LogP contribution in [0.4, 0.5) is 0 Å². The van der Waals surface area contributed by atoms with Gasteiger partial charge in [-0.15, -0.1) is 0 Å². The zero-order chi connectivity index (χ0) is 13.7. The summed E-state index contributed by atoms with van der Waals surface area (Å²) in [4.78, 5) is 8.56. The van der Waals surface area contributed by atoms with Gasteiger partial charge in [0, 0.05) is 12.6 Å². The zero-order valence-corrected chi connectivity index (χ0v) is 12.0. The maximum atomic E-state index is 5.72. The first kappa shape index (κ1) is 13.8. The van der Waals surface area contributed by atoms with Crippen molar-refractivity contribution in [2.45, 2.75) is 59.0 Å². The van der Waals surface area contributed by atoms with Gasteiger partial charge in [0.25, 0.3) is 0 Å². The molecule has 0 aromatic carbocycles. The Bertz CT molecular complexity index is 522. The minimum absolute atomic E-state index is 0.136. The number of hydrogen-bond acceptors (Lipinski definition) is 4. The minimum Gasteiger partial charge on any atom is -0.460 e. The van der Waals surface area contributed by atoms with Crippen molar-refractivity contribution < 1.29 is 9.15 Å². The van der Waals surface area contributed by atoms with Crippen LogP contribution in [0.1, 0.15) is 52.2 Å². The Kier molecular flexibility index (Phi) is 4.77. The normalized spacial score (nSPS) is 12.8. The molecule has 2 aromatic rings. The third-order valence-corrected chi connectivity index (χ3v) is 3.08. The molecule has 0 N–H and O–H groups in total. The molecule has 0 fully saturated rings. The number of ether oxygens (including phenoxy) is 1. The summed E-state index contributed by atoms with van der Waals surface area (Å²) >= 11 is 0.